The number of carbonyl (C=O) groups excluding carboxylic acids is 1. The van der Waals surface area contributed by atoms with Gasteiger partial charge >= 0.3 is 5.97 Å². The molecule has 1 amide bonds. The Labute approximate surface area is 162 Å². The highest BCUT2D eigenvalue weighted by molar-refractivity contribution is 5.95. The molecular weight excluding hydrogens is 358 g/mol. The second kappa shape index (κ2) is 7.59. The minimum Gasteiger partial charge on any atom is -0.476 e. The summed E-state index contributed by atoms with van der Waals surface area (Å²) in [7, 11) is 0. The van der Waals surface area contributed by atoms with Crippen LogP contribution in [-0.2, 0) is 12.0 Å². The first-order chi connectivity index (χ1) is 13.2. The third-order valence-electron chi connectivity index (χ3n) is 4.11. The van der Waals surface area contributed by atoms with Crippen LogP contribution in [0.1, 0.15) is 53.0 Å². The smallest absolute Gasteiger partial charge is 0.356 e. The van der Waals surface area contributed by atoms with Crippen LogP contribution in [0.2, 0.25) is 0 Å². The van der Waals surface area contributed by atoms with Crippen molar-refractivity contribution >= 4 is 11.9 Å². The van der Waals surface area contributed by atoms with Gasteiger partial charge in [-0.2, -0.15) is 5.10 Å². The largest absolute Gasteiger partial charge is 0.476 e. The first-order valence-electron chi connectivity index (χ1n) is 8.73. The number of rotatable bonds is 5. The van der Waals surface area contributed by atoms with Crippen molar-refractivity contribution in [2.75, 3.05) is 0 Å². The molecule has 0 saturated heterocycles. The SMILES string of the molecule is CC(C)(C)c1cc(CNC(=O)c2cccc(-c3cncc(C(=O)O)n3)c2)[nH]n1. The number of H-pyrrole nitrogens is 1. The first-order valence-corrected chi connectivity index (χ1v) is 8.73. The molecule has 0 atom stereocenters. The molecule has 3 rings (SSSR count). The van der Waals surface area contributed by atoms with E-state index in [9.17, 15) is 9.59 Å². The van der Waals surface area contributed by atoms with Crippen molar-refractivity contribution < 1.29 is 14.7 Å². The molecule has 3 N–H and O–H groups in total. The normalized spacial score (nSPS) is 11.2. The lowest BCUT2D eigenvalue weighted by atomic mass is 9.92. The maximum Gasteiger partial charge on any atom is 0.356 e. The minimum absolute atomic E-state index is 0.0708. The predicted molar refractivity (Wildman–Crippen MR) is 103 cm³/mol. The Bertz CT molecular complexity index is 1020. The van der Waals surface area contributed by atoms with Crippen LogP contribution in [-0.4, -0.2) is 37.1 Å². The van der Waals surface area contributed by atoms with Crippen LogP contribution in [0.3, 0.4) is 0 Å². The summed E-state index contributed by atoms with van der Waals surface area (Å²) < 4.78 is 0. The highest BCUT2D eigenvalue weighted by Crippen LogP contribution is 2.20. The number of nitrogens with zero attached hydrogens (tertiary/aromatic N) is 3. The summed E-state index contributed by atoms with van der Waals surface area (Å²) in [6.07, 6.45) is 2.64. The summed E-state index contributed by atoms with van der Waals surface area (Å²) in [5.41, 5.74) is 2.96. The Kier molecular flexibility index (Phi) is 5.21. The molecular formula is C20H21N5O3. The topological polar surface area (TPSA) is 121 Å². The maximum atomic E-state index is 12.5. The second-order valence-electron chi connectivity index (χ2n) is 7.39. The standard InChI is InChI=1S/C20H21N5O3/c1-20(2,3)17-8-14(24-25-17)9-22-18(26)13-6-4-5-12(7-13)15-10-21-11-16(23-15)19(27)28/h4-8,10-11H,9H2,1-3H3,(H,22,26)(H,24,25)(H,27,28). The molecule has 0 saturated carbocycles. The van der Waals surface area contributed by atoms with Crippen molar-refractivity contribution in [3.05, 3.63) is 65.4 Å². The average Bonchev–Trinajstić information content (AvgIpc) is 3.16. The number of benzene rings is 1. The molecule has 28 heavy (non-hydrogen) atoms. The number of hydrogen-bond donors (Lipinski definition) is 3. The van der Waals surface area contributed by atoms with Gasteiger partial charge in [0, 0.05) is 16.5 Å². The van der Waals surface area contributed by atoms with E-state index in [4.69, 9.17) is 5.11 Å². The summed E-state index contributed by atoms with van der Waals surface area (Å²) >= 11 is 0. The maximum absolute atomic E-state index is 12.5. The van der Waals surface area contributed by atoms with Gasteiger partial charge in [0.25, 0.3) is 5.91 Å². The van der Waals surface area contributed by atoms with Crippen molar-refractivity contribution in [3.8, 4) is 11.3 Å². The average molecular weight is 379 g/mol. The Morgan fingerprint density at radius 2 is 1.96 bits per heavy atom. The molecule has 0 fully saturated rings. The van der Waals surface area contributed by atoms with Crippen molar-refractivity contribution in [3.63, 3.8) is 0 Å². The highest BCUT2D eigenvalue weighted by Gasteiger charge is 2.17. The van der Waals surface area contributed by atoms with E-state index in [2.05, 4.69) is 46.3 Å². The molecule has 2 aromatic heterocycles. The number of carbonyl (C=O) groups is 2. The molecule has 144 valence electrons. The minimum atomic E-state index is -1.16. The Balaban J connectivity index is 1.73. The number of aromatic carboxylic acids is 1. The van der Waals surface area contributed by atoms with E-state index < -0.39 is 5.97 Å². The molecule has 8 heteroatoms. The summed E-state index contributed by atoms with van der Waals surface area (Å²) in [5.74, 6) is -1.41. The Morgan fingerprint density at radius 3 is 2.64 bits per heavy atom. The molecule has 8 nitrogen and oxygen atoms in total. The molecule has 0 bridgehead atoms. The fourth-order valence-corrected chi connectivity index (χ4v) is 2.54. The van der Waals surface area contributed by atoms with Crippen LogP contribution in [0.5, 0.6) is 0 Å². The van der Waals surface area contributed by atoms with Crippen LogP contribution >= 0.6 is 0 Å². The predicted octanol–water partition coefficient (Wildman–Crippen LogP) is 2.79. The van der Waals surface area contributed by atoms with Gasteiger partial charge in [-0.1, -0.05) is 32.9 Å². The van der Waals surface area contributed by atoms with Crippen LogP contribution in [0, 0.1) is 0 Å². The molecule has 0 unspecified atom stereocenters. The summed E-state index contributed by atoms with van der Waals surface area (Å²) in [4.78, 5) is 31.5. The Morgan fingerprint density at radius 1 is 1.18 bits per heavy atom. The zero-order valence-corrected chi connectivity index (χ0v) is 15.9. The molecule has 1 aromatic carbocycles. The van der Waals surface area contributed by atoms with Gasteiger partial charge in [0.05, 0.1) is 36.0 Å². The van der Waals surface area contributed by atoms with Gasteiger partial charge < -0.3 is 10.4 Å². The summed E-state index contributed by atoms with van der Waals surface area (Å²) in [5, 5.41) is 19.1. The van der Waals surface area contributed by atoms with E-state index >= 15 is 0 Å². The number of amides is 1. The van der Waals surface area contributed by atoms with Crippen LogP contribution in [0.15, 0.2) is 42.7 Å². The molecule has 0 spiro atoms. The van der Waals surface area contributed by atoms with Crippen LogP contribution < -0.4 is 5.32 Å². The van der Waals surface area contributed by atoms with Gasteiger partial charge in [-0.05, 0) is 18.2 Å². The molecule has 3 aromatic rings. The number of nitrogens with one attached hydrogen (secondary N) is 2. The lowest BCUT2D eigenvalue weighted by Crippen LogP contribution is -2.23. The van der Waals surface area contributed by atoms with Gasteiger partial charge in [0.15, 0.2) is 5.69 Å². The summed E-state index contributed by atoms with van der Waals surface area (Å²) in [6.45, 7) is 6.53. The fourth-order valence-electron chi connectivity index (χ4n) is 2.54. The Hall–Kier alpha value is -3.55. The molecule has 2 heterocycles. The number of aromatic amines is 1. The molecule has 0 aliphatic rings. The molecule has 0 radical (unpaired) electrons. The number of carboxylic acid groups (broad SMARTS) is 1. The van der Waals surface area contributed by atoms with E-state index in [0.717, 1.165) is 11.4 Å². The molecule has 0 aliphatic carbocycles. The highest BCUT2D eigenvalue weighted by atomic mass is 16.4. The molecule has 0 aliphatic heterocycles. The van der Waals surface area contributed by atoms with E-state index in [-0.39, 0.29) is 17.0 Å². The number of aromatic nitrogens is 4. The van der Waals surface area contributed by atoms with Gasteiger partial charge in [-0.25, -0.2) is 9.78 Å². The van der Waals surface area contributed by atoms with Crippen LogP contribution in [0.4, 0.5) is 0 Å². The first kappa shape index (κ1) is 19.2. The van der Waals surface area contributed by atoms with Crippen LogP contribution in [0.25, 0.3) is 11.3 Å². The fraction of sp³-hybridized carbons (Fsp3) is 0.250. The van der Waals surface area contributed by atoms with E-state index in [1.165, 1.54) is 12.4 Å². The van der Waals surface area contributed by atoms with E-state index in [1.807, 2.05) is 6.07 Å². The van der Waals surface area contributed by atoms with Gasteiger partial charge in [-0.3, -0.25) is 14.9 Å². The van der Waals surface area contributed by atoms with Crippen molar-refractivity contribution in [2.45, 2.75) is 32.7 Å². The summed E-state index contributed by atoms with van der Waals surface area (Å²) in [6, 6.07) is 8.73. The number of carboxylic acids is 1. The van der Waals surface area contributed by atoms with Crippen molar-refractivity contribution in [2.24, 2.45) is 0 Å². The van der Waals surface area contributed by atoms with Gasteiger partial charge in [-0.15, -0.1) is 0 Å². The zero-order valence-electron chi connectivity index (χ0n) is 15.9. The van der Waals surface area contributed by atoms with Crippen molar-refractivity contribution in [1.29, 1.82) is 0 Å². The lowest BCUT2D eigenvalue weighted by Gasteiger charge is -2.13. The van der Waals surface area contributed by atoms with Crippen molar-refractivity contribution in [1.82, 2.24) is 25.5 Å². The van der Waals surface area contributed by atoms with E-state index in [0.29, 0.717) is 23.4 Å². The van der Waals surface area contributed by atoms with E-state index in [1.54, 1.807) is 24.3 Å². The zero-order chi connectivity index (χ0) is 20.3. The lowest BCUT2D eigenvalue weighted by molar-refractivity contribution is 0.0689. The van der Waals surface area contributed by atoms with Gasteiger partial charge in [0.2, 0.25) is 0 Å². The second-order valence-corrected chi connectivity index (χ2v) is 7.39. The van der Waals surface area contributed by atoms with Gasteiger partial charge in [0.1, 0.15) is 0 Å². The monoisotopic (exact) mass is 379 g/mol. The third kappa shape index (κ3) is 4.40. The quantitative estimate of drug-likeness (QED) is 0.627. The third-order valence-corrected chi connectivity index (χ3v) is 4.11. The number of hydrogen-bond acceptors (Lipinski definition) is 5.